The minimum absolute atomic E-state index is 0.0202. The lowest BCUT2D eigenvalue weighted by molar-refractivity contribution is -0.140. The van der Waals surface area contributed by atoms with Gasteiger partial charge in [0.1, 0.15) is 5.82 Å². The Morgan fingerprint density at radius 3 is 2.80 bits per heavy atom. The summed E-state index contributed by atoms with van der Waals surface area (Å²) in [7, 11) is 1.35. The average molecular weight is 210 g/mol. The number of hydrogen-bond acceptors (Lipinski definition) is 2. The van der Waals surface area contributed by atoms with Crippen molar-refractivity contribution in [2.45, 2.75) is 26.2 Å². The molecular weight excluding hydrogens is 195 g/mol. The van der Waals surface area contributed by atoms with E-state index in [0.29, 0.717) is 0 Å². The highest BCUT2D eigenvalue weighted by molar-refractivity contribution is 5.70. The number of methoxy groups -OCH3 is 1. The fraction of sp³-hybridized carbons (Fsp3) is 0.417. The highest BCUT2D eigenvalue weighted by atomic mass is 19.1. The van der Waals surface area contributed by atoms with Crippen LogP contribution in [-0.4, -0.2) is 13.1 Å². The summed E-state index contributed by atoms with van der Waals surface area (Å²) in [6.45, 7) is 3.79. The molecule has 0 spiro atoms. The highest BCUT2D eigenvalue weighted by Crippen LogP contribution is 2.23. The Kier molecular flexibility index (Phi) is 3.83. The standard InChI is InChI=1S/C12H15FO2/c1-8-4-5-10(13)7-11(8)9(2)6-12(14)15-3/h4-5,7,9H,6H2,1-3H3. The molecule has 0 bridgehead atoms. The molecule has 0 saturated carbocycles. The molecule has 0 radical (unpaired) electrons. The van der Waals surface area contributed by atoms with Gasteiger partial charge in [0, 0.05) is 0 Å². The van der Waals surface area contributed by atoms with Gasteiger partial charge in [-0.1, -0.05) is 13.0 Å². The number of benzene rings is 1. The van der Waals surface area contributed by atoms with E-state index in [1.165, 1.54) is 19.2 Å². The van der Waals surface area contributed by atoms with Crippen molar-refractivity contribution >= 4 is 5.97 Å². The Morgan fingerprint density at radius 2 is 2.20 bits per heavy atom. The smallest absolute Gasteiger partial charge is 0.306 e. The van der Waals surface area contributed by atoms with Crippen LogP contribution in [0.3, 0.4) is 0 Å². The van der Waals surface area contributed by atoms with Crippen molar-refractivity contribution in [3.8, 4) is 0 Å². The first-order chi connectivity index (χ1) is 7.04. The topological polar surface area (TPSA) is 26.3 Å². The molecule has 0 N–H and O–H groups in total. The maximum absolute atomic E-state index is 13.0. The van der Waals surface area contributed by atoms with Crippen LogP contribution >= 0.6 is 0 Å². The number of carbonyl (C=O) groups is 1. The molecule has 2 nitrogen and oxygen atoms in total. The molecule has 1 atom stereocenters. The van der Waals surface area contributed by atoms with Crippen LogP contribution in [0.1, 0.15) is 30.4 Å². The number of carbonyl (C=O) groups excluding carboxylic acids is 1. The molecule has 0 saturated heterocycles. The van der Waals surface area contributed by atoms with Gasteiger partial charge in [-0.05, 0) is 36.1 Å². The zero-order valence-electron chi connectivity index (χ0n) is 9.21. The van der Waals surface area contributed by atoms with Gasteiger partial charge in [-0.15, -0.1) is 0 Å². The van der Waals surface area contributed by atoms with Gasteiger partial charge in [-0.3, -0.25) is 4.79 Å². The molecule has 15 heavy (non-hydrogen) atoms. The fourth-order valence-corrected chi connectivity index (χ4v) is 1.59. The first-order valence-electron chi connectivity index (χ1n) is 4.87. The third-order valence-corrected chi connectivity index (χ3v) is 2.47. The summed E-state index contributed by atoms with van der Waals surface area (Å²) in [6, 6.07) is 4.62. The van der Waals surface area contributed by atoms with Crippen LogP contribution in [0.15, 0.2) is 18.2 Å². The Hall–Kier alpha value is -1.38. The van der Waals surface area contributed by atoms with Crippen molar-refractivity contribution in [1.29, 1.82) is 0 Å². The lowest BCUT2D eigenvalue weighted by atomic mass is 9.94. The van der Waals surface area contributed by atoms with Crippen LogP contribution in [0.25, 0.3) is 0 Å². The van der Waals surface area contributed by atoms with E-state index in [1.54, 1.807) is 6.07 Å². The van der Waals surface area contributed by atoms with Crippen molar-refractivity contribution in [3.63, 3.8) is 0 Å². The highest BCUT2D eigenvalue weighted by Gasteiger charge is 2.13. The molecule has 0 aromatic heterocycles. The molecule has 82 valence electrons. The Balaban J connectivity index is 2.85. The fourth-order valence-electron chi connectivity index (χ4n) is 1.59. The molecule has 0 aliphatic heterocycles. The molecule has 0 amide bonds. The van der Waals surface area contributed by atoms with E-state index in [2.05, 4.69) is 4.74 Å². The number of aryl methyl sites for hydroxylation is 1. The van der Waals surface area contributed by atoms with Gasteiger partial charge in [0.2, 0.25) is 0 Å². The monoisotopic (exact) mass is 210 g/mol. The first kappa shape index (κ1) is 11.7. The van der Waals surface area contributed by atoms with Crippen LogP contribution in [0.4, 0.5) is 4.39 Å². The average Bonchev–Trinajstić information content (AvgIpc) is 2.21. The van der Waals surface area contributed by atoms with E-state index >= 15 is 0 Å². The van der Waals surface area contributed by atoms with Gasteiger partial charge in [0.25, 0.3) is 0 Å². The molecule has 1 rings (SSSR count). The normalized spacial score (nSPS) is 12.3. The van der Waals surface area contributed by atoms with Gasteiger partial charge in [-0.25, -0.2) is 4.39 Å². The lowest BCUT2D eigenvalue weighted by Crippen LogP contribution is -2.07. The second-order valence-electron chi connectivity index (χ2n) is 3.68. The Bertz CT molecular complexity index is 361. The molecular formula is C12H15FO2. The molecule has 3 heteroatoms. The van der Waals surface area contributed by atoms with Crippen LogP contribution < -0.4 is 0 Å². The van der Waals surface area contributed by atoms with E-state index in [-0.39, 0.29) is 24.1 Å². The van der Waals surface area contributed by atoms with Crippen LogP contribution in [0.5, 0.6) is 0 Å². The predicted octanol–water partition coefficient (Wildman–Crippen LogP) is 2.80. The van der Waals surface area contributed by atoms with Crippen molar-refractivity contribution in [2.75, 3.05) is 7.11 Å². The van der Waals surface area contributed by atoms with Gasteiger partial charge < -0.3 is 4.74 Å². The third kappa shape index (κ3) is 3.05. The molecule has 1 aromatic rings. The lowest BCUT2D eigenvalue weighted by Gasteiger charge is -2.13. The summed E-state index contributed by atoms with van der Waals surface area (Å²) in [5.74, 6) is -0.563. The molecule has 1 aromatic carbocycles. The number of ether oxygens (including phenoxy) is 1. The van der Waals surface area contributed by atoms with E-state index in [0.717, 1.165) is 11.1 Å². The second-order valence-corrected chi connectivity index (χ2v) is 3.68. The zero-order valence-corrected chi connectivity index (χ0v) is 9.21. The quantitative estimate of drug-likeness (QED) is 0.717. The molecule has 0 aliphatic rings. The molecule has 0 heterocycles. The van der Waals surface area contributed by atoms with Crippen molar-refractivity contribution in [1.82, 2.24) is 0 Å². The van der Waals surface area contributed by atoms with E-state index < -0.39 is 0 Å². The van der Waals surface area contributed by atoms with Crippen LogP contribution in [0, 0.1) is 12.7 Å². The van der Waals surface area contributed by atoms with Gasteiger partial charge in [0.15, 0.2) is 0 Å². The molecule has 0 fully saturated rings. The van der Waals surface area contributed by atoms with Crippen LogP contribution in [-0.2, 0) is 9.53 Å². The molecule has 0 aliphatic carbocycles. The van der Waals surface area contributed by atoms with E-state index in [9.17, 15) is 9.18 Å². The maximum Gasteiger partial charge on any atom is 0.306 e. The summed E-state index contributed by atoms with van der Waals surface area (Å²) >= 11 is 0. The van der Waals surface area contributed by atoms with Crippen molar-refractivity contribution in [2.24, 2.45) is 0 Å². The second kappa shape index (κ2) is 4.91. The number of esters is 1. The summed E-state index contributed by atoms with van der Waals surface area (Å²) in [4.78, 5) is 11.1. The van der Waals surface area contributed by atoms with E-state index in [1.807, 2.05) is 13.8 Å². The summed E-state index contributed by atoms with van der Waals surface area (Å²) in [5.41, 5.74) is 1.85. The predicted molar refractivity (Wildman–Crippen MR) is 56.2 cm³/mol. The largest absolute Gasteiger partial charge is 0.469 e. The number of rotatable bonds is 3. The molecule has 1 unspecified atom stereocenters. The van der Waals surface area contributed by atoms with Crippen LogP contribution in [0.2, 0.25) is 0 Å². The Morgan fingerprint density at radius 1 is 1.53 bits per heavy atom. The van der Waals surface area contributed by atoms with Crippen molar-refractivity contribution < 1.29 is 13.9 Å². The van der Waals surface area contributed by atoms with Gasteiger partial charge in [-0.2, -0.15) is 0 Å². The minimum Gasteiger partial charge on any atom is -0.469 e. The van der Waals surface area contributed by atoms with Gasteiger partial charge in [0.05, 0.1) is 13.5 Å². The summed E-state index contributed by atoms with van der Waals surface area (Å²) in [5, 5.41) is 0. The number of hydrogen-bond donors (Lipinski definition) is 0. The van der Waals surface area contributed by atoms with E-state index in [4.69, 9.17) is 0 Å². The maximum atomic E-state index is 13.0. The minimum atomic E-state index is -0.272. The summed E-state index contributed by atoms with van der Waals surface area (Å²) in [6.07, 6.45) is 0.279. The van der Waals surface area contributed by atoms with Crippen molar-refractivity contribution in [3.05, 3.63) is 35.1 Å². The Labute approximate surface area is 89.1 Å². The summed E-state index contributed by atoms with van der Waals surface area (Å²) < 4.78 is 17.6. The zero-order chi connectivity index (χ0) is 11.4. The van der Waals surface area contributed by atoms with Gasteiger partial charge >= 0.3 is 5.97 Å². The number of halogens is 1. The first-order valence-corrected chi connectivity index (χ1v) is 4.87. The third-order valence-electron chi connectivity index (χ3n) is 2.47. The SMILES string of the molecule is COC(=O)CC(C)c1cc(F)ccc1C.